The fraction of sp³-hybridized carbons (Fsp3) is 0.263. The molecule has 0 N–H and O–H groups in total. The summed E-state index contributed by atoms with van der Waals surface area (Å²) in [5, 5.41) is 0. The maximum Gasteiger partial charge on any atom is 0.234 e. The highest BCUT2D eigenvalue weighted by Gasteiger charge is 2.26. The van der Waals surface area contributed by atoms with Crippen LogP contribution in [0.4, 0.5) is 0 Å². The number of pyridine rings is 1. The van der Waals surface area contributed by atoms with Crippen molar-refractivity contribution in [3.05, 3.63) is 76.2 Å². The van der Waals surface area contributed by atoms with Crippen molar-refractivity contribution in [2.45, 2.75) is 16.9 Å². The van der Waals surface area contributed by atoms with Crippen LogP contribution in [0, 0.1) is 0 Å². The van der Waals surface area contributed by atoms with E-state index in [0.29, 0.717) is 12.0 Å². The first-order chi connectivity index (χ1) is 12.6. The quantitative estimate of drug-likeness (QED) is 0.185. The van der Waals surface area contributed by atoms with Crippen LogP contribution in [0.3, 0.4) is 0 Å². The molecule has 1 unspecified atom stereocenters. The third-order valence-electron chi connectivity index (χ3n) is 3.72. The Morgan fingerprint density at radius 3 is 2.42 bits per heavy atom. The molecule has 1 aromatic carbocycles. The number of hydrogen-bond acceptors (Lipinski definition) is 5. The molecule has 0 spiro atoms. The zero-order valence-corrected chi connectivity index (χ0v) is 16.7. The highest BCUT2D eigenvalue weighted by molar-refractivity contribution is 14.1. The van der Waals surface area contributed by atoms with Crippen LogP contribution in [0.1, 0.15) is 32.0 Å². The number of aldehydes is 1. The van der Waals surface area contributed by atoms with Gasteiger partial charge in [0.2, 0.25) is 11.7 Å². The molecule has 0 aliphatic rings. The van der Waals surface area contributed by atoms with Crippen molar-refractivity contribution in [1.29, 1.82) is 0 Å². The van der Waals surface area contributed by atoms with Crippen molar-refractivity contribution in [3.8, 4) is 5.75 Å². The largest absolute Gasteiger partial charge is 0.483 e. The van der Waals surface area contributed by atoms with E-state index in [4.69, 9.17) is 14.2 Å². The molecule has 2 aromatic rings. The van der Waals surface area contributed by atoms with Crippen molar-refractivity contribution in [2.75, 3.05) is 14.2 Å². The molecule has 0 aliphatic carbocycles. The summed E-state index contributed by atoms with van der Waals surface area (Å²) in [6.07, 6.45) is 2.81. The lowest BCUT2D eigenvalue weighted by atomic mass is 10.2. The third kappa shape index (κ3) is 4.40. The third-order valence-corrected chi connectivity index (χ3v) is 4.83. The number of ether oxygens (including phenoxy) is 3. The number of rotatable bonds is 9. The van der Waals surface area contributed by atoms with Gasteiger partial charge in [-0.3, -0.25) is 9.59 Å². The summed E-state index contributed by atoms with van der Waals surface area (Å²) in [7, 11) is 2.93. The van der Waals surface area contributed by atoms with E-state index in [9.17, 15) is 9.59 Å². The smallest absolute Gasteiger partial charge is 0.234 e. The van der Waals surface area contributed by atoms with Crippen LogP contribution < -0.4 is 10.2 Å². The van der Waals surface area contributed by atoms with Gasteiger partial charge < -0.3 is 18.8 Å². The van der Waals surface area contributed by atoms with E-state index in [1.54, 1.807) is 10.6 Å². The van der Waals surface area contributed by atoms with Gasteiger partial charge in [0, 0.05) is 20.4 Å². The minimum Gasteiger partial charge on any atom is -0.483 e. The van der Waals surface area contributed by atoms with Crippen molar-refractivity contribution < 1.29 is 19.0 Å². The van der Waals surface area contributed by atoms with E-state index < -0.39 is 11.7 Å². The first-order valence-corrected chi connectivity index (χ1v) is 9.05. The molecule has 26 heavy (non-hydrogen) atoms. The van der Waals surface area contributed by atoms with Gasteiger partial charge >= 0.3 is 0 Å². The van der Waals surface area contributed by atoms with Gasteiger partial charge in [0.05, 0.1) is 5.56 Å². The number of benzene rings is 1. The maximum atomic E-state index is 12.7. The summed E-state index contributed by atoms with van der Waals surface area (Å²) in [6.45, 7) is 3.95. The van der Waals surface area contributed by atoms with Gasteiger partial charge in [0.15, 0.2) is 12.0 Å². The van der Waals surface area contributed by atoms with Crippen LogP contribution in [0.5, 0.6) is 5.75 Å². The molecular formula is C19H20INO5. The Hall–Kier alpha value is -1.97. The molecule has 1 heterocycles. The Morgan fingerprint density at radius 2 is 1.88 bits per heavy atom. The molecule has 0 saturated carbocycles. The van der Waals surface area contributed by atoms with Crippen LogP contribution >= 0.6 is 22.6 Å². The minimum absolute atomic E-state index is 0.00807. The standard InChI is InChI=1S/C19H20INO5/c1-4-15(20)21-10-14(11-22)17(23)18(16(21)19(24-2)25-3)26-12-13-8-6-5-7-9-13/h4-11,15,19H,1,12H2,2-3H3. The lowest BCUT2D eigenvalue weighted by Crippen LogP contribution is -2.25. The van der Waals surface area contributed by atoms with Gasteiger partial charge in [0.1, 0.15) is 16.3 Å². The number of carbonyl (C=O) groups is 1. The normalized spacial score (nSPS) is 12.0. The summed E-state index contributed by atoms with van der Waals surface area (Å²) in [5.74, 6) is 0.0238. The van der Waals surface area contributed by atoms with Gasteiger partial charge in [0.25, 0.3) is 0 Å². The predicted molar refractivity (Wildman–Crippen MR) is 107 cm³/mol. The first-order valence-electron chi connectivity index (χ1n) is 7.80. The monoisotopic (exact) mass is 469 g/mol. The molecular weight excluding hydrogens is 449 g/mol. The average molecular weight is 469 g/mol. The van der Waals surface area contributed by atoms with Crippen LogP contribution in [0.2, 0.25) is 0 Å². The lowest BCUT2D eigenvalue weighted by molar-refractivity contribution is -0.112. The second kappa shape index (κ2) is 9.65. The predicted octanol–water partition coefficient (Wildman–Crippen LogP) is 3.65. The van der Waals surface area contributed by atoms with Crippen molar-refractivity contribution in [1.82, 2.24) is 4.57 Å². The molecule has 7 heteroatoms. The molecule has 6 nitrogen and oxygen atoms in total. The maximum absolute atomic E-state index is 12.7. The van der Waals surface area contributed by atoms with Crippen molar-refractivity contribution >= 4 is 28.9 Å². The number of nitrogens with zero attached hydrogens (tertiary/aromatic N) is 1. The number of halogens is 1. The fourth-order valence-corrected chi connectivity index (χ4v) is 2.92. The van der Waals surface area contributed by atoms with Gasteiger partial charge in [-0.2, -0.15) is 0 Å². The molecule has 1 atom stereocenters. The van der Waals surface area contributed by atoms with E-state index in [1.807, 2.05) is 30.3 Å². The highest BCUT2D eigenvalue weighted by atomic mass is 127. The van der Waals surface area contributed by atoms with Gasteiger partial charge in [-0.1, -0.05) is 59.0 Å². The summed E-state index contributed by atoms with van der Waals surface area (Å²) >= 11 is 2.12. The highest BCUT2D eigenvalue weighted by Crippen LogP contribution is 2.31. The number of aromatic nitrogens is 1. The van der Waals surface area contributed by atoms with Crippen LogP contribution in [-0.2, 0) is 16.1 Å². The van der Waals surface area contributed by atoms with Crippen LogP contribution in [-0.4, -0.2) is 25.1 Å². The molecule has 0 radical (unpaired) electrons. The van der Waals surface area contributed by atoms with E-state index >= 15 is 0 Å². The lowest BCUT2D eigenvalue weighted by Gasteiger charge is -2.25. The zero-order valence-electron chi connectivity index (χ0n) is 14.6. The molecule has 0 aliphatic heterocycles. The molecule has 0 saturated heterocycles. The second-order valence-corrected chi connectivity index (χ2v) is 6.62. The topological polar surface area (TPSA) is 66.8 Å². The Labute approximate surface area is 165 Å². The van der Waals surface area contributed by atoms with Crippen molar-refractivity contribution in [3.63, 3.8) is 0 Å². The SMILES string of the molecule is C=CC(I)n1cc(C=O)c(=O)c(OCc2ccccc2)c1C(OC)OC. The summed E-state index contributed by atoms with van der Waals surface area (Å²) in [4.78, 5) is 24.1. The molecule has 0 bridgehead atoms. The number of carbonyl (C=O) groups excluding carboxylic acids is 1. The van der Waals surface area contributed by atoms with Crippen LogP contribution in [0.25, 0.3) is 0 Å². The minimum atomic E-state index is -0.841. The Kier molecular flexibility index (Phi) is 7.55. The Bertz CT molecular complexity index is 815. The van der Waals surface area contributed by atoms with Gasteiger partial charge in [-0.05, 0) is 5.56 Å². The van der Waals surface area contributed by atoms with Gasteiger partial charge in [-0.15, -0.1) is 6.58 Å². The second-order valence-electron chi connectivity index (χ2n) is 5.34. The van der Waals surface area contributed by atoms with E-state index in [0.717, 1.165) is 5.56 Å². The summed E-state index contributed by atoms with van der Waals surface area (Å²) in [5.41, 5.74) is 0.767. The van der Waals surface area contributed by atoms with Crippen LogP contribution in [0.15, 0.2) is 54.0 Å². The molecule has 2 rings (SSSR count). The van der Waals surface area contributed by atoms with E-state index in [-0.39, 0.29) is 22.0 Å². The van der Waals surface area contributed by atoms with E-state index in [2.05, 4.69) is 29.2 Å². The zero-order chi connectivity index (χ0) is 19.1. The first kappa shape index (κ1) is 20.3. The Morgan fingerprint density at radius 1 is 1.23 bits per heavy atom. The van der Waals surface area contributed by atoms with Crippen molar-refractivity contribution in [2.24, 2.45) is 0 Å². The van der Waals surface area contributed by atoms with Gasteiger partial charge in [-0.25, -0.2) is 0 Å². The number of allylic oxidation sites excluding steroid dienone is 1. The average Bonchev–Trinajstić information content (AvgIpc) is 2.68. The number of hydrogen-bond donors (Lipinski definition) is 0. The molecule has 1 aromatic heterocycles. The van der Waals surface area contributed by atoms with E-state index in [1.165, 1.54) is 20.4 Å². The summed E-state index contributed by atoms with van der Waals surface area (Å²) < 4.78 is 18.0. The molecule has 138 valence electrons. The summed E-state index contributed by atoms with van der Waals surface area (Å²) in [6, 6.07) is 9.43. The number of methoxy groups -OCH3 is 2. The number of alkyl halides is 1. The fourth-order valence-electron chi connectivity index (χ4n) is 2.46. The molecule has 0 fully saturated rings. The Balaban J connectivity index is 2.62. The molecule has 0 amide bonds.